The van der Waals surface area contributed by atoms with E-state index in [9.17, 15) is 0 Å². The Labute approximate surface area is 77.3 Å². The molecule has 1 saturated heterocycles. The van der Waals surface area contributed by atoms with E-state index in [-0.39, 0.29) is 0 Å². The summed E-state index contributed by atoms with van der Waals surface area (Å²) < 4.78 is 3.06. The van der Waals surface area contributed by atoms with Crippen molar-refractivity contribution in [3.63, 3.8) is 0 Å². The van der Waals surface area contributed by atoms with E-state index < -0.39 is 0 Å². The largest absolute Gasteiger partial charge is 0.170 e. The third-order valence-electron chi connectivity index (χ3n) is 2.18. The van der Waals surface area contributed by atoms with Crippen LogP contribution in [-0.4, -0.2) is 40.6 Å². The summed E-state index contributed by atoms with van der Waals surface area (Å²) in [6.45, 7) is 3.37. The number of quaternary nitrogens is 1. The number of likely N-dealkylation sites (N-methyl/N-ethyl adjacent to an activating group) is 1. The van der Waals surface area contributed by atoms with E-state index >= 15 is 0 Å². The molecule has 5 heteroatoms. The van der Waals surface area contributed by atoms with Gasteiger partial charge in [0, 0.05) is 6.26 Å². The predicted molar refractivity (Wildman–Crippen MR) is 52.5 cm³/mol. The second-order valence-electron chi connectivity index (χ2n) is 2.87. The summed E-state index contributed by atoms with van der Waals surface area (Å²) in [4.78, 5) is 0. The Morgan fingerprint density at radius 2 is 2.18 bits per heavy atom. The highest BCUT2D eigenvalue weighted by Gasteiger charge is 2.40. The van der Waals surface area contributed by atoms with Crippen molar-refractivity contribution in [1.82, 2.24) is 9.95 Å². The van der Waals surface area contributed by atoms with Crippen LogP contribution in [0.3, 0.4) is 0 Å². The van der Waals surface area contributed by atoms with Gasteiger partial charge in [-0.3, -0.25) is 0 Å². The molecule has 66 valence electrons. The Balaban J connectivity index is 2.57. The highest BCUT2D eigenvalue weighted by Crippen LogP contribution is 2.26. The van der Waals surface area contributed by atoms with Crippen molar-refractivity contribution in [1.29, 1.82) is 0 Å². The van der Waals surface area contributed by atoms with Crippen molar-refractivity contribution in [2.75, 3.05) is 26.1 Å². The van der Waals surface area contributed by atoms with E-state index in [0.29, 0.717) is 6.04 Å². The van der Waals surface area contributed by atoms with Crippen LogP contribution in [0.4, 0.5) is 0 Å². The molecule has 0 amide bonds. The van der Waals surface area contributed by atoms with Crippen LogP contribution < -0.4 is 5.53 Å². The van der Waals surface area contributed by atoms with Crippen molar-refractivity contribution < 1.29 is 4.00 Å². The smallest absolute Gasteiger partial charge is 0.131 e. The van der Waals surface area contributed by atoms with Crippen molar-refractivity contribution in [3.05, 3.63) is 0 Å². The highest BCUT2D eigenvalue weighted by molar-refractivity contribution is 7.96. The van der Waals surface area contributed by atoms with Gasteiger partial charge in [0.15, 0.2) is 0 Å². The summed E-state index contributed by atoms with van der Waals surface area (Å²) in [6, 6.07) is 0.650. The maximum atomic E-state index is 3.41. The topological polar surface area (TPSA) is 15.3 Å². The summed E-state index contributed by atoms with van der Waals surface area (Å²) in [5.74, 6) is 0. The highest BCUT2D eigenvalue weighted by atomic mass is 32.2. The zero-order valence-corrected chi connectivity index (χ0v) is 9.13. The van der Waals surface area contributed by atoms with Crippen LogP contribution in [-0.2, 0) is 0 Å². The summed E-state index contributed by atoms with van der Waals surface area (Å²) >= 11 is 3.58. The number of hydrogen-bond donors (Lipinski definition) is 1. The van der Waals surface area contributed by atoms with Gasteiger partial charge in [-0.05, 0) is 13.2 Å². The molecule has 0 aromatic rings. The Kier molecular flexibility index (Phi) is 3.10. The molecule has 3 nitrogen and oxygen atoms in total. The molecule has 1 fully saturated rings. The van der Waals surface area contributed by atoms with Gasteiger partial charge in [0.1, 0.15) is 6.04 Å². The Morgan fingerprint density at radius 3 is 2.45 bits per heavy atom. The Hall–Kier alpha value is 0.580. The van der Waals surface area contributed by atoms with Gasteiger partial charge >= 0.3 is 0 Å². The van der Waals surface area contributed by atoms with Crippen LogP contribution in [0.15, 0.2) is 0 Å². The van der Waals surface area contributed by atoms with E-state index in [1.165, 1.54) is 0 Å². The number of hydrazine groups is 1. The third-order valence-corrected chi connectivity index (χ3v) is 4.05. The summed E-state index contributed by atoms with van der Waals surface area (Å²) in [5.41, 5.74) is 3.41. The predicted octanol–water partition coefficient (Wildman–Crippen LogP) is 1.11. The molecule has 2 atom stereocenters. The minimum absolute atomic E-state index is 0.650. The van der Waals surface area contributed by atoms with Crippen LogP contribution in [0.5, 0.6) is 0 Å². The summed E-state index contributed by atoms with van der Waals surface area (Å²) in [5, 5.41) is 0. The third kappa shape index (κ3) is 1.84. The molecule has 0 aliphatic carbocycles. The zero-order valence-electron chi connectivity index (χ0n) is 7.50. The fraction of sp³-hybridized carbons (Fsp3) is 1.00. The van der Waals surface area contributed by atoms with Crippen molar-refractivity contribution >= 4 is 23.9 Å². The van der Waals surface area contributed by atoms with E-state index in [4.69, 9.17) is 0 Å². The zero-order chi connectivity index (χ0) is 8.48. The number of hydrogen-bond acceptors (Lipinski definition) is 4. The first-order valence-corrected chi connectivity index (χ1v) is 6.00. The average molecular weight is 194 g/mol. The molecule has 1 aliphatic rings. The normalized spacial score (nSPS) is 39.8. The molecular formula is C6H16N3S2+. The monoisotopic (exact) mass is 194 g/mol. The molecule has 2 unspecified atom stereocenters. The van der Waals surface area contributed by atoms with Crippen LogP contribution in [0.1, 0.15) is 6.92 Å². The Morgan fingerprint density at radius 1 is 1.55 bits per heavy atom. The lowest BCUT2D eigenvalue weighted by atomic mass is 10.3. The van der Waals surface area contributed by atoms with Gasteiger partial charge in [-0.2, -0.15) is 4.00 Å². The summed E-state index contributed by atoms with van der Waals surface area (Å²) in [7, 11) is 2.20. The second kappa shape index (κ2) is 3.53. The maximum Gasteiger partial charge on any atom is 0.131 e. The van der Waals surface area contributed by atoms with Crippen molar-refractivity contribution in [3.8, 4) is 0 Å². The second-order valence-corrected chi connectivity index (χ2v) is 4.80. The van der Waals surface area contributed by atoms with Gasteiger partial charge in [0.05, 0.1) is 25.5 Å². The quantitative estimate of drug-likeness (QED) is 0.523. The molecule has 0 aromatic heterocycles. The van der Waals surface area contributed by atoms with E-state index in [0.717, 1.165) is 10.5 Å². The molecule has 0 saturated carbocycles. The molecule has 1 rings (SSSR count). The average Bonchev–Trinajstić information content (AvgIpc) is 2.29. The lowest BCUT2D eigenvalue weighted by Gasteiger charge is -2.27. The SMILES string of the molecule is CSN1CC(C)[N+](C)(SC)N1. The Bertz CT molecular complexity index is 144. The van der Waals surface area contributed by atoms with E-state index in [1.54, 1.807) is 11.9 Å². The van der Waals surface area contributed by atoms with Crippen molar-refractivity contribution in [2.45, 2.75) is 13.0 Å². The van der Waals surface area contributed by atoms with Crippen molar-refractivity contribution in [2.24, 2.45) is 0 Å². The van der Waals surface area contributed by atoms with Crippen LogP contribution >= 0.6 is 23.9 Å². The summed E-state index contributed by atoms with van der Waals surface area (Å²) in [6.07, 6.45) is 4.23. The molecule has 0 radical (unpaired) electrons. The van der Waals surface area contributed by atoms with Gasteiger partial charge in [0.2, 0.25) is 0 Å². The number of nitrogens with one attached hydrogen (secondary N) is 1. The molecule has 0 spiro atoms. The molecule has 11 heavy (non-hydrogen) atoms. The molecule has 1 aliphatic heterocycles. The van der Waals surface area contributed by atoms with E-state index in [2.05, 4.69) is 36.4 Å². The first-order chi connectivity index (χ1) is 5.12. The molecule has 0 bridgehead atoms. The van der Waals surface area contributed by atoms with Gasteiger partial charge in [0.25, 0.3) is 0 Å². The first-order valence-electron chi connectivity index (χ1n) is 3.64. The fourth-order valence-electron chi connectivity index (χ4n) is 1.09. The fourth-order valence-corrected chi connectivity index (χ4v) is 2.37. The minimum atomic E-state index is 0.650. The lowest BCUT2D eigenvalue weighted by Crippen LogP contribution is -2.49. The molecule has 0 aromatic carbocycles. The van der Waals surface area contributed by atoms with Gasteiger partial charge < -0.3 is 0 Å². The number of nitrogens with zero attached hydrogens (tertiary/aromatic N) is 2. The maximum absolute atomic E-state index is 3.41. The standard InChI is InChI=1S/C6H16N3S2/c1-6-5-8(10-3)7-9(6,2)11-4/h6-7H,5H2,1-4H3/q+1. The number of rotatable bonds is 2. The van der Waals surface area contributed by atoms with Gasteiger partial charge in [-0.15, -0.1) is 4.41 Å². The van der Waals surface area contributed by atoms with Crippen LogP contribution in [0.25, 0.3) is 0 Å². The first kappa shape index (κ1) is 9.67. The van der Waals surface area contributed by atoms with Crippen LogP contribution in [0, 0.1) is 0 Å². The molecule has 1 N–H and O–H groups in total. The minimum Gasteiger partial charge on any atom is -0.170 e. The van der Waals surface area contributed by atoms with Gasteiger partial charge in [-0.1, -0.05) is 17.5 Å². The van der Waals surface area contributed by atoms with Crippen LogP contribution in [0.2, 0.25) is 0 Å². The lowest BCUT2D eigenvalue weighted by molar-refractivity contribution is -0.836. The molecule has 1 heterocycles. The van der Waals surface area contributed by atoms with Gasteiger partial charge in [-0.25, -0.2) is 0 Å². The van der Waals surface area contributed by atoms with E-state index in [1.807, 2.05) is 11.9 Å². The molecular weight excluding hydrogens is 178 g/mol.